The van der Waals surface area contributed by atoms with Gasteiger partial charge in [0.15, 0.2) is 0 Å². The first kappa shape index (κ1) is 74.6. The number of nitrogens with two attached hydrogens (primary N) is 1. The van der Waals surface area contributed by atoms with Crippen molar-refractivity contribution >= 4 is 46.7 Å². The van der Waals surface area contributed by atoms with E-state index in [0.717, 1.165) is 53.5 Å². The van der Waals surface area contributed by atoms with Crippen molar-refractivity contribution in [3.63, 3.8) is 0 Å². The zero-order valence-electron chi connectivity index (χ0n) is 56.3. The van der Waals surface area contributed by atoms with Crippen molar-refractivity contribution < 1.29 is 47.4 Å². The van der Waals surface area contributed by atoms with E-state index in [9.17, 15) is 29.1 Å². The first-order valence-electron chi connectivity index (χ1n) is 32.6. The second-order valence-electron chi connectivity index (χ2n) is 25.2. The molecule has 7 rings (SSSR count). The number of aliphatic carboxylic acids is 1. The summed E-state index contributed by atoms with van der Waals surface area (Å²) in [6.45, 7) is 26.9. The Balaban J connectivity index is 0.000000262. The molecule has 7 aromatic rings. The molecule has 0 saturated heterocycles. The number of alkyl carbamates (subject to hydrolysis) is 2. The third-order valence-electron chi connectivity index (χ3n) is 18.6. The van der Waals surface area contributed by atoms with E-state index in [4.69, 9.17) is 24.1 Å². The topological polar surface area (TPSA) is 193 Å². The molecule has 0 spiro atoms. The lowest BCUT2D eigenvalue weighted by atomic mass is 10.0. The second-order valence-corrected chi connectivity index (χ2v) is 35.2. The Kier molecular flexibility index (Phi) is 29.8. The van der Waals surface area contributed by atoms with Gasteiger partial charge in [-0.1, -0.05) is 321 Å². The highest BCUT2D eigenvalue weighted by atomic mass is 28.4. The van der Waals surface area contributed by atoms with Crippen molar-refractivity contribution in [2.45, 2.75) is 192 Å². The summed E-state index contributed by atoms with van der Waals surface area (Å²) >= 11 is 0. The zero-order chi connectivity index (χ0) is 67.3. The molecular formula is C77H101N3O10Si2. The average molecular weight is 1280 g/mol. The van der Waals surface area contributed by atoms with Crippen LogP contribution in [0, 0.1) is 0 Å². The minimum Gasteiger partial charge on any atom is -0.516 e. The summed E-state index contributed by atoms with van der Waals surface area (Å²) < 4.78 is 24.1. The van der Waals surface area contributed by atoms with E-state index in [-0.39, 0.29) is 46.8 Å². The van der Waals surface area contributed by atoms with E-state index in [1.165, 1.54) is 11.1 Å². The molecule has 15 heteroatoms. The van der Waals surface area contributed by atoms with Gasteiger partial charge in [0.2, 0.25) is 0 Å². The van der Waals surface area contributed by atoms with Gasteiger partial charge in [0.25, 0.3) is 16.6 Å². The predicted molar refractivity (Wildman–Crippen MR) is 375 cm³/mol. The standard InChI is InChI=1S/C34H45NO4Si.C26H39NO2Si.C17H17NO4/c1-7-26(3)40(27(4)8-2,34(5,6)30-22-16-11-17-23-30)39-32(36)31(24-28-18-12-9-13-19-28)35-33(37)38-25-29-20-14-10-15-21-29;1-7-20(3)30(21(4)8-2,26(5,6)23-17-13-10-14-18-23)29-25(28)24(27)19-22-15-11-9-12-16-22;19-16(20)15(11-13-7-3-1-4-8-13)18-17(21)22-12-14-9-5-2-6-10-14/h9-23,26-27,31H,7-8,24-25H2,1-6H3,(H,35,37);9-18,20-21,24H,7-8,19,27H2,1-6H3;1-10,15H,11-12H2,(H,18,21)(H,19,20)/t26?,27?,31-,40?;20?,21?,24-,30?;15-/m000/s1. The average Bonchev–Trinajstić information content (AvgIpc) is 0.754. The number of hydrogen-bond acceptors (Lipinski definition) is 10. The molecule has 0 aliphatic carbocycles. The van der Waals surface area contributed by atoms with Crippen LogP contribution in [0.4, 0.5) is 9.59 Å². The van der Waals surface area contributed by atoms with Gasteiger partial charge in [-0.25, -0.2) is 14.4 Å². The number of nitrogens with one attached hydrogen (secondary N) is 2. The van der Waals surface area contributed by atoms with Crippen molar-refractivity contribution in [2.24, 2.45) is 5.73 Å². The van der Waals surface area contributed by atoms with Gasteiger partial charge in [0, 0.05) is 22.9 Å². The molecule has 5 N–H and O–H groups in total. The van der Waals surface area contributed by atoms with E-state index in [1.54, 1.807) is 0 Å². The van der Waals surface area contributed by atoms with Gasteiger partial charge in [-0.2, -0.15) is 0 Å². The Bertz CT molecular complexity index is 3270. The van der Waals surface area contributed by atoms with Gasteiger partial charge < -0.3 is 39.8 Å². The number of ether oxygens (including phenoxy) is 2. The number of benzene rings is 7. The van der Waals surface area contributed by atoms with E-state index in [0.29, 0.717) is 23.9 Å². The summed E-state index contributed by atoms with van der Waals surface area (Å²) in [5, 5.41) is 13.8. The van der Waals surface area contributed by atoms with Crippen LogP contribution in [0.15, 0.2) is 212 Å². The molecule has 0 aliphatic heterocycles. The van der Waals surface area contributed by atoms with Gasteiger partial charge in [-0.15, -0.1) is 0 Å². The third kappa shape index (κ3) is 20.4. The fraction of sp³-hybridized carbons (Fsp3) is 0.390. The zero-order valence-corrected chi connectivity index (χ0v) is 58.3. The predicted octanol–water partition coefficient (Wildman–Crippen LogP) is 16.9. The van der Waals surface area contributed by atoms with Crippen LogP contribution < -0.4 is 16.4 Å². The molecule has 2 amide bonds. The molecule has 0 fully saturated rings. The van der Waals surface area contributed by atoms with Gasteiger partial charge >= 0.3 is 30.1 Å². The number of rotatable bonds is 29. The number of carboxylic acid groups (broad SMARTS) is 1. The highest BCUT2D eigenvalue weighted by Crippen LogP contribution is 2.52. The van der Waals surface area contributed by atoms with Crippen molar-refractivity contribution in [3.05, 3.63) is 251 Å². The van der Waals surface area contributed by atoms with Crippen LogP contribution in [0.25, 0.3) is 0 Å². The minimum absolute atomic E-state index is 0.102. The van der Waals surface area contributed by atoms with Gasteiger partial charge in [-0.05, 0) is 67.5 Å². The van der Waals surface area contributed by atoms with Crippen molar-refractivity contribution in [3.8, 4) is 0 Å². The van der Waals surface area contributed by atoms with Crippen molar-refractivity contribution in [1.82, 2.24) is 10.6 Å². The highest BCUT2D eigenvalue weighted by molar-refractivity contribution is 6.81. The molecule has 7 atom stereocenters. The fourth-order valence-electron chi connectivity index (χ4n) is 12.8. The molecular weight excluding hydrogens is 1180 g/mol. The lowest BCUT2D eigenvalue weighted by Crippen LogP contribution is -2.63. The first-order chi connectivity index (χ1) is 44.0. The van der Waals surface area contributed by atoms with Crippen LogP contribution in [0.3, 0.4) is 0 Å². The summed E-state index contributed by atoms with van der Waals surface area (Å²) in [6, 6.07) is 65.8. The molecule has 92 heavy (non-hydrogen) atoms. The number of carboxylic acids is 1. The summed E-state index contributed by atoms with van der Waals surface area (Å²) in [5.74, 6) is -1.74. The van der Waals surface area contributed by atoms with Crippen molar-refractivity contribution in [1.29, 1.82) is 0 Å². The van der Waals surface area contributed by atoms with Gasteiger partial charge in [-0.3, -0.25) is 9.59 Å². The molecule has 4 unspecified atom stereocenters. The van der Waals surface area contributed by atoms with Crippen LogP contribution in [0.2, 0.25) is 22.2 Å². The Morgan fingerprint density at radius 3 is 0.967 bits per heavy atom. The maximum absolute atomic E-state index is 14.2. The van der Waals surface area contributed by atoms with E-state index < -0.39 is 58.9 Å². The number of hydrogen-bond donors (Lipinski definition) is 4. The lowest BCUT2D eigenvalue weighted by Gasteiger charge is -2.51. The number of amides is 2. The van der Waals surface area contributed by atoms with E-state index in [1.807, 2.05) is 176 Å². The summed E-state index contributed by atoms with van der Waals surface area (Å²) in [5.41, 5.74) is 14.4. The summed E-state index contributed by atoms with van der Waals surface area (Å²) in [6.07, 6.45) is 3.40. The Morgan fingerprint density at radius 2 is 0.663 bits per heavy atom. The quantitative estimate of drug-likeness (QED) is 0.0326. The summed E-state index contributed by atoms with van der Waals surface area (Å²) in [7, 11) is -5.52. The van der Waals surface area contributed by atoms with Crippen molar-refractivity contribution in [2.75, 3.05) is 0 Å². The van der Waals surface area contributed by atoms with E-state index >= 15 is 0 Å². The molecule has 13 nitrogen and oxygen atoms in total. The highest BCUT2D eigenvalue weighted by Gasteiger charge is 2.61. The Labute approximate surface area is 550 Å². The maximum atomic E-state index is 14.2. The van der Waals surface area contributed by atoms with Crippen LogP contribution in [0.1, 0.15) is 148 Å². The third-order valence-corrected chi connectivity index (χ3v) is 31.7. The molecule has 0 saturated carbocycles. The van der Waals surface area contributed by atoms with Crippen LogP contribution >= 0.6 is 0 Å². The molecule has 0 aromatic heterocycles. The van der Waals surface area contributed by atoms with Gasteiger partial charge in [0.1, 0.15) is 31.3 Å². The van der Waals surface area contributed by atoms with Crippen LogP contribution in [-0.4, -0.2) is 70.0 Å². The molecule has 0 aliphatic rings. The number of carbonyl (C=O) groups excluding carboxylic acids is 4. The molecule has 7 aromatic carbocycles. The minimum atomic E-state index is -2.88. The Morgan fingerprint density at radius 1 is 0.402 bits per heavy atom. The Hall–Kier alpha value is -8.12. The molecule has 492 valence electrons. The lowest BCUT2D eigenvalue weighted by molar-refractivity contribution is -0.139. The fourth-order valence-corrected chi connectivity index (χ4v) is 25.6. The smallest absolute Gasteiger partial charge is 0.408 e. The molecule has 0 bridgehead atoms. The van der Waals surface area contributed by atoms with Crippen LogP contribution in [0.5, 0.6) is 0 Å². The van der Waals surface area contributed by atoms with E-state index in [2.05, 4.69) is 130 Å². The second kappa shape index (κ2) is 36.8. The summed E-state index contributed by atoms with van der Waals surface area (Å²) in [4.78, 5) is 63.5. The van der Waals surface area contributed by atoms with Crippen LogP contribution in [-0.2, 0) is 75.3 Å². The number of carbonyl (C=O) groups is 5. The normalized spacial score (nSPS) is 14.9. The maximum Gasteiger partial charge on any atom is 0.408 e. The first-order valence-corrected chi connectivity index (χ1v) is 36.7. The SMILES string of the molecule is CCC(C)[Si](OC(=O)[C@@H](N)Cc1ccccc1)(C(C)CC)C(C)(C)c1ccccc1.CCC(C)[Si](OC(=O)[C@H](Cc1ccccc1)NC(=O)OCc1ccccc1)(C(C)CC)C(C)(C)c1ccccc1.O=C(N[C@@H](Cc1ccccc1)C(=O)O)OCc1ccccc1. The largest absolute Gasteiger partial charge is 0.516 e. The molecule has 0 heterocycles. The van der Waals surface area contributed by atoms with Gasteiger partial charge in [0.05, 0.1) is 0 Å². The monoisotopic (exact) mass is 1280 g/mol. The molecule has 0 radical (unpaired) electrons.